The lowest BCUT2D eigenvalue weighted by Crippen LogP contribution is -2.43. The van der Waals surface area contributed by atoms with Gasteiger partial charge >= 0.3 is 6.03 Å². The lowest BCUT2D eigenvalue weighted by atomic mass is 9.91. The van der Waals surface area contributed by atoms with E-state index in [1.807, 2.05) is 25.1 Å². The highest BCUT2D eigenvalue weighted by molar-refractivity contribution is 6.09. The summed E-state index contributed by atoms with van der Waals surface area (Å²) in [6.45, 7) is 3.49. The largest absolute Gasteiger partial charge is 0.349 e. The number of hydrogen-bond acceptors (Lipinski definition) is 4. The molecule has 1 aromatic carbocycles. The maximum absolute atomic E-state index is 12.8. The summed E-state index contributed by atoms with van der Waals surface area (Å²) in [6, 6.07) is 12.2. The van der Waals surface area contributed by atoms with Crippen LogP contribution in [0.25, 0.3) is 0 Å². The van der Waals surface area contributed by atoms with E-state index < -0.39 is 23.4 Å². The summed E-state index contributed by atoms with van der Waals surface area (Å²) in [5, 5.41) is 5.36. The van der Waals surface area contributed by atoms with E-state index in [0.717, 1.165) is 10.5 Å². The number of amides is 4. The van der Waals surface area contributed by atoms with Gasteiger partial charge in [-0.05, 0) is 31.5 Å². The van der Waals surface area contributed by atoms with Crippen molar-refractivity contribution in [2.45, 2.75) is 25.9 Å². The Morgan fingerprint density at radius 3 is 2.58 bits per heavy atom. The average Bonchev–Trinajstić information content (AvgIpc) is 2.85. The van der Waals surface area contributed by atoms with E-state index in [1.165, 1.54) is 0 Å². The molecule has 7 heteroatoms. The molecule has 1 atom stereocenters. The number of aromatic nitrogens is 1. The molecule has 3 rings (SSSR count). The zero-order chi connectivity index (χ0) is 18.7. The van der Waals surface area contributed by atoms with Crippen LogP contribution in [0.1, 0.15) is 23.7 Å². The minimum atomic E-state index is -1.17. The summed E-state index contributed by atoms with van der Waals surface area (Å²) in [7, 11) is 0. The number of carbonyl (C=O) groups excluding carboxylic acids is 3. The number of nitrogens with zero attached hydrogens (tertiary/aromatic N) is 2. The first-order chi connectivity index (χ1) is 12.4. The molecule has 0 radical (unpaired) electrons. The Labute approximate surface area is 151 Å². The van der Waals surface area contributed by atoms with Gasteiger partial charge in [0.25, 0.3) is 5.91 Å². The second-order valence-electron chi connectivity index (χ2n) is 6.41. The third-order valence-corrected chi connectivity index (χ3v) is 4.40. The topological polar surface area (TPSA) is 91.4 Å². The van der Waals surface area contributed by atoms with Crippen LogP contribution < -0.4 is 10.6 Å². The molecule has 0 saturated carbocycles. The number of urea groups is 1. The summed E-state index contributed by atoms with van der Waals surface area (Å²) in [6.07, 6.45) is 1.63. The molecule has 26 heavy (non-hydrogen) atoms. The molecule has 1 saturated heterocycles. The molecule has 2 aromatic rings. The van der Waals surface area contributed by atoms with E-state index in [-0.39, 0.29) is 13.1 Å². The Balaban J connectivity index is 1.67. The SMILES string of the molecule is Cc1ccc([C@@]2(C)NC(=O)N(CC(=O)NCc3ccccn3)C2=O)cc1. The van der Waals surface area contributed by atoms with Gasteiger partial charge in [0.15, 0.2) is 0 Å². The van der Waals surface area contributed by atoms with Gasteiger partial charge in [-0.2, -0.15) is 0 Å². The number of aryl methyl sites for hydroxylation is 1. The van der Waals surface area contributed by atoms with Crippen molar-refractivity contribution in [3.8, 4) is 0 Å². The normalized spacial score (nSPS) is 19.4. The molecule has 0 bridgehead atoms. The summed E-state index contributed by atoms with van der Waals surface area (Å²) in [4.78, 5) is 42.2. The van der Waals surface area contributed by atoms with E-state index in [9.17, 15) is 14.4 Å². The van der Waals surface area contributed by atoms with E-state index in [4.69, 9.17) is 0 Å². The fraction of sp³-hybridized carbons (Fsp3) is 0.263. The monoisotopic (exact) mass is 352 g/mol. The lowest BCUT2D eigenvalue weighted by molar-refractivity contribution is -0.134. The quantitative estimate of drug-likeness (QED) is 0.797. The highest BCUT2D eigenvalue weighted by Crippen LogP contribution is 2.28. The zero-order valence-electron chi connectivity index (χ0n) is 14.7. The smallest absolute Gasteiger partial charge is 0.325 e. The number of imide groups is 1. The van der Waals surface area contributed by atoms with Crippen molar-refractivity contribution in [1.29, 1.82) is 0 Å². The van der Waals surface area contributed by atoms with Crippen LogP contribution in [0.4, 0.5) is 4.79 Å². The summed E-state index contributed by atoms with van der Waals surface area (Å²) < 4.78 is 0. The molecular formula is C19H20N4O3. The van der Waals surface area contributed by atoms with Crippen LogP contribution in [-0.4, -0.2) is 34.3 Å². The third-order valence-electron chi connectivity index (χ3n) is 4.40. The van der Waals surface area contributed by atoms with Gasteiger partial charge in [0.1, 0.15) is 12.1 Å². The molecule has 0 unspecified atom stereocenters. The van der Waals surface area contributed by atoms with E-state index >= 15 is 0 Å². The zero-order valence-corrected chi connectivity index (χ0v) is 14.7. The third kappa shape index (κ3) is 3.42. The van der Waals surface area contributed by atoms with Crippen molar-refractivity contribution in [2.75, 3.05) is 6.54 Å². The number of hydrogen-bond donors (Lipinski definition) is 2. The molecule has 7 nitrogen and oxygen atoms in total. The first kappa shape index (κ1) is 17.6. The summed E-state index contributed by atoms with van der Waals surface area (Å²) in [5.74, 6) is -0.869. The maximum atomic E-state index is 12.8. The van der Waals surface area contributed by atoms with Gasteiger partial charge in [-0.3, -0.25) is 19.5 Å². The molecule has 1 aromatic heterocycles. The predicted octanol–water partition coefficient (Wildman–Crippen LogP) is 1.47. The molecule has 2 N–H and O–H groups in total. The van der Waals surface area contributed by atoms with Crippen molar-refractivity contribution in [1.82, 2.24) is 20.5 Å². The minimum Gasteiger partial charge on any atom is -0.349 e. The molecule has 0 spiro atoms. The van der Waals surface area contributed by atoms with Crippen LogP contribution in [0.3, 0.4) is 0 Å². The van der Waals surface area contributed by atoms with Gasteiger partial charge in [-0.25, -0.2) is 4.79 Å². The molecule has 0 aliphatic carbocycles. The minimum absolute atomic E-state index is 0.235. The van der Waals surface area contributed by atoms with Gasteiger partial charge < -0.3 is 10.6 Å². The summed E-state index contributed by atoms with van der Waals surface area (Å²) >= 11 is 0. The lowest BCUT2D eigenvalue weighted by Gasteiger charge is -2.22. The van der Waals surface area contributed by atoms with E-state index in [2.05, 4.69) is 15.6 Å². The standard InChI is InChI=1S/C19H20N4O3/c1-13-6-8-14(9-7-13)19(2)17(25)23(18(26)22-19)12-16(24)21-11-15-5-3-4-10-20-15/h3-10H,11-12H2,1-2H3,(H,21,24)(H,22,26)/t19-/m1/s1. The average molecular weight is 352 g/mol. The Morgan fingerprint density at radius 1 is 1.19 bits per heavy atom. The molecule has 134 valence electrons. The van der Waals surface area contributed by atoms with Gasteiger partial charge in [-0.1, -0.05) is 35.9 Å². The Kier molecular flexibility index (Phi) is 4.71. The molecule has 1 aliphatic rings. The van der Waals surface area contributed by atoms with E-state index in [0.29, 0.717) is 11.3 Å². The van der Waals surface area contributed by atoms with Gasteiger partial charge in [0, 0.05) is 6.20 Å². The van der Waals surface area contributed by atoms with Crippen molar-refractivity contribution >= 4 is 17.8 Å². The maximum Gasteiger partial charge on any atom is 0.325 e. The van der Waals surface area contributed by atoms with Crippen LogP contribution in [-0.2, 0) is 21.7 Å². The molecule has 1 fully saturated rings. The van der Waals surface area contributed by atoms with Gasteiger partial charge in [-0.15, -0.1) is 0 Å². The number of pyridine rings is 1. The highest BCUT2D eigenvalue weighted by atomic mass is 16.2. The van der Waals surface area contributed by atoms with Gasteiger partial charge in [0.2, 0.25) is 5.91 Å². The number of carbonyl (C=O) groups is 3. The van der Waals surface area contributed by atoms with Crippen LogP contribution in [0.15, 0.2) is 48.7 Å². The Bertz CT molecular complexity index is 836. The second kappa shape index (κ2) is 6.95. The van der Waals surface area contributed by atoms with Crippen molar-refractivity contribution in [3.63, 3.8) is 0 Å². The first-order valence-electron chi connectivity index (χ1n) is 8.28. The first-order valence-corrected chi connectivity index (χ1v) is 8.28. The van der Waals surface area contributed by atoms with Crippen molar-refractivity contribution in [2.24, 2.45) is 0 Å². The van der Waals surface area contributed by atoms with Crippen LogP contribution in [0, 0.1) is 6.92 Å². The number of benzene rings is 1. The number of nitrogens with one attached hydrogen (secondary N) is 2. The highest BCUT2D eigenvalue weighted by Gasteiger charge is 2.49. The second-order valence-corrected chi connectivity index (χ2v) is 6.41. The fourth-order valence-electron chi connectivity index (χ4n) is 2.81. The Morgan fingerprint density at radius 2 is 1.92 bits per heavy atom. The molecule has 4 amide bonds. The molecule has 2 heterocycles. The van der Waals surface area contributed by atoms with Crippen LogP contribution >= 0.6 is 0 Å². The van der Waals surface area contributed by atoms with Crippen LogP contribution in [0.2, 0.25) is 0 Å². The molecular weight excluding hydrogens is 332 g/mol. The molecule has 1 aliphatic heterocycles. The fourth-order valence-corrected chi connectivity index (χ4v) is 2.81. The van der Waals surface area contributed by atoms with E-state index in [1.54, 1.807) is 37.4 Å². The van der Waals surface area contributed by atoms with Crippen LogP contribution in [0.5, 0.6) is 0 Å². The Hall–Kier alpha value is -3.22. The van der Waals surface area contributed by atoms with Gasteiger partial charge in [0.05, 0.1) is 12.2 Å². The predicted molar refractivity (Wildman–Crippen MR) is 94.9 cm³/mol. The van der Waals surface area contributed by atoms with Crippen molar-refractivity contribution < 1.29 is 14.4 Å². The number of rotatable bonds is 5. The summed E-state index contributed by atoms with van der Waals surface area (Å²) in [5.41, 5.74) is 1.26. The van der Waals surface area contributed by atoms with Crippen molar-refractivity contribution in [3.05, 3.63) is 65.5 Å².